The molecule has 0 fully saturated rings. The molecule has 22 heavy (non-hydrogen) atoms. The Bertz CT molecular complexity index is 757. The first kappa shape index (κ1) is 16.0. The van der Waals surface area contributed by atoms with Crippen LogP contribution < -0.4 is 0 Å². The largest absolute Gasteiger partial charge is 0.457 e. The van der Waals surface area contributed by atoms with Crippen LogP contribution in [-0.2, 0) is 20.3 Å². The van der Waals surface area contributed by atoms with E-state index in [9.17, 15) is 13.2 Å². The van der Waals surface area contributed by atoms with Crippen molar-refractivity contribution >= 4 is 15.8 Å². The van der Waals surface area contributed by atoms with Crippen molar-refractivity contribution in [3.05, 3.63) is 66.1 Å². The third-order valence-electron chi connectivity index (χ3n) is 2.93. The van der Waals surface area contributed by atoms with Crippen molar-refractivity contribution in [2.75, 3.05) is 6.61 Å². The summed E-state index contributed by atoms with van der Waals surface area (Å²) in [7, 11) is -3.55. The molecule has 2 aromatic rings. The second-order valence-electron chi connectivity index (χ2n) is 4.51. The molecule has 116 valence electrons. The lowest BCUT2D eigenvalue weighted by Crippen LogP contribution is -2.10. The van der Waals surface area contributed by atoms with Gasteiger partial charge in [0.15, 0.2) is 9.84 Å². The molecule has 1 aromatic carbocycles. The van der Waals surface area contributed by atoms with Crippen LogP contribution >= 0.6 is 0 Å². The molecule has 0 spiro atoms. The third kappa shape index (κ3) is 3.85. The predicted octanol–water partition coefficient (Wildman–Crippen LogP) is 2.99. The zero-order chi connectivity index (χ0) is 16.0. The minimum atomic E-state index is -3.55. The van der Waals surface area contributed by atoms with Crippen LogP contribution in [-0.4, -0.2) is 21.0 Å². The normalized spacial score (nSPS) is 11.7. The van der Waals surface area contributed by atoms with Crippen molar-refractivity contribution in [2.45, 2.75) is 17.6 Å². The van der Waals surface area contributed by atoms with Crippen LogP contribution in [0.25, 0.3) is 0 Å². The number of rotatable bonds is 6. The summed E-state index contributed by atoms with van der Waals surface area (Å²) in [5.74, 6) is -1.08. The lowest BCUT2D eigenvalue weighted by atomic mass is 10.3. The highest BCUT2D eigenvalue weighted by Gasteiger charge is 2.23. The van der Waals surface area contributed by atoms with E-state index in [0.717, 1.165) is 0 Å². The van der Waals surface area contributed by atoms with Gasteiger partial charge in [-0.3, -0.25) is 0 Å². The summed E-state index contributed by atoms with van der Waals surface area (Å²) >= 11 is 0. The molecular weight excluding hydrogens is 304 g/mol. The standard InChI is InChI=1S/C16H16O5S/c1-2-3-10-21-16(17)15-13(9-11-20-15)12-22(18,19)14-7-5-4-6-8-14/h2-9,11H,10,12H2,1H3/b3-2+. The van der Waals surface area contributed by atoms with Gasteiger partial charge in [-0.1, -0.05) is 30.4 Å². The van der Waals surface area contributed by atoms with Crippen LogP contribution in [0.2, 0.25) is 0 Å². The fraction of sp³-hybridized carbons (Fsp3) is 0.188. The lowest BCUT2D eigenvalue weighted by molar-refractivity contribution is 0.0512. The molecule has 1 heterocycles. The number of ether oxygens (including phenoxy) is 1. The Kier molecular flexibility index (Phi) is 5.16. The van der Waals surface area contributed by atoms with E-state index < -0.39 is 15.8 Å². The third-order valence-corrected chi connectivity index (χ3v) is 4.61. The molecule has 0 unspecified atom stereocenters. The SMILES string of the molecule is C/C=C/COC(=O)c1occc1CS(=O)(=O)c1ccccc1. The van der Waals surface area contributed by atoms with Crippen LogP contribution in [0.3, 0.4) is 0 Å². The fourth-order valence-corrected chi connectivity index (χ4v) is 3.21. The molecule has 2 rings (SSSR count). The Morgan fingerprint density at radius 2 is 1.95 bits per heavy atom. The highest BCUT2D eigenvalue weighted by molar-refractivity contribution is 7.90. The Morgan fingerprint density at radius 1 is 1.23 bits per heavy atom. The monoisotopic (exact) mass is 320 g/mol. The molecule has 0 aliphatic carbocycles. The highest BCUT2D eigenvalue weighted by atomic mass is 32.2. The van der Waals surface area contributed by atoms with Gasteiger partial charge < -0.3 is 9.15 Å². The first-order valence-corrected chi connectivity index (χ1v) is 8.32. The van der Waals surface area contributed by atoms with Crippen molar-refractivity contribution in [1.82, 2.24) is 0 Å². The quantitative estimate of drug-likeness (QED) is 0.604. The number of sulfone groups is 1. The number of benzene rings is 1. The van der Waals surface area contributed by atoms with Crippen molar-refractivity contribution in [2.24, 2.45) is 0 Å². The summed E-state index contributed by atoms with van der Waals surface area (Å²) in [5, 5.41) is 0. The van der Waals surface area contributed by atoms with E-state index in [-0.39, 0.29) is 28.6 Å². The summed E-state index contributed by atoms with van der Waals surface area (Å²) in [6.45, 7) is 1.92. The van der Waals surface area contributed by atoms with E-state index in [0.29, 0.717) is 0 Å². The second-order valence-corrected chi connectivity index (χ2v) is 6.50. The van der Waals surface area contributed by atoms with E-state index in [1.807, 2.05) is 0 Å². The Balaban J connectivity index is 2.18. The molecular formula is C16H16O5S. The molecule has 0 N–H and O–H groups in total. The van der Waals surface area contributed by atoms with Gasteiger partial charge in [-0.05, 0) is 25.1 Å². The van der Waals surface area contributed by atoms with Crippen LogP contribution in [0.5, 0.6) is 0 Å². The minimum absolute atomic E-state index is 0.0796. The lowest BCUT2D eigenvalue weighted by Gasteiger charge is -2.05. The summed E-state index contributed by atoms with van der Waals surface area (Å²) in [5.41, 5.74) is 0.286. The molecule has 0 amide bonds. The predicted molar refractivity (Wildman–Crippen MR) is 81.1 cm³/mol. The van der Waals surface area contributed by atoms with Crippen molar-refractivity contribution in [3.8, 4) is 0 Å². The smallest absolute Gasteiger partial charge is 0.374 e. The van der Waals surface area contributed by atoms with Gasteiger partial charge in [0.25, 0.3) is 0 Å². The number of allylic oxidation sites excluding steroid dienone is 1. The zero-order valence-corrected chi connectivity index (χ0v) is 12.9. The molecule has 1 aromatic heterocycles. The van der Waals surface area contributed by atoms with Crippen molar-refractivity contribution in [3.63, 3.8) is 0 Å². The maximum atomic E-state index is 12.3. The minimum Gasteiger partial charge on any atom is -0.457 e. The van der Waals surface area contributed by atoms with E-state index in [2.05, 4.69) is 0 Å². The van der Waals surface area contributed by atoms with E-state index in [4.69, 9.17) is 9.15 Å². The number of carbonyl (C=O) groups is 1. The van der Waals surface area contributed by atoms with Crippen LogP contribution in [0.15, 0.2) is 64.1 Å². The van der Waals surface area contributed by atoms with Crippen molar-refractivity contribution in [1.29, 1.82) is 0 Å². The van der Waals surface area contributed by atoms with Gasteiger partial charge in [-0.2, -0.15) is 0 Å². The fourth-order valence-electron chi connectivity index (χ4n) is 1.83. The van der Waals surface area contributed by atoms with Gasteiger partial charge >= 0.3 is 5.97 Å². The van der Waals surface area contributed by atoms with E-state index in [1.54, 1.807) is 37.3 Å². The van der Waals surface area contributed by atoms with Gasteiger partial charge in [-0.15, -0.1) is 0 Å². The average Bonchev–Trinajstić information content (AvgIpc) is 2.96. The van der Waals surface area contributed by atoms with Crippen LogP contribution in [0, 0.1) is 0 Å². The molecule has 0 atom stereocenters. The van der Waals surface area contributed by atoms with E-state index >= 15 is 0 Å². The summed E-state index contributed by atoms with van der Waals surface area (Å²) in [4.78, 5) is 12.1. The van der Waals surface area contributed by atoms with Gasteiger partial charge in [-0.25, -0.2) is 13.2 Å². The number of carbonyl (C=O) groups excluding carboxylic acids is 1. The Labute approximate surface area is 129 Å². The Hall–Kier alpha value is -2.34. The molecule has 0 saturated heterocycles. The molecule has 5 nitrogen and oxygen atoms in total. The topological polar surface area (TPSA) is 73.6 Å². The zero-order valence-electron chi connectivity index (χ0n) is 12.1. The summed E-state index contributed by atoms with van der Waals surface area (Å²) < 4.78 is 34.7. The summed E-state index contributed by atoms with van der Waals surface area (Å²) in [6.07, 6.45) is 4.69. The van der Waals surface area contributed by atoms with Crippen LogP contribution in [0.4, 0.5) is 0 Å². The molecule has 0 bridgehead atoms. The second kappa shape index (κ2) is 7.09. The maximum Gasteiger partial charge on any atom is 0.374 e. The van der Waals surface area contributed by atoms with Crippen molar-refractivity contribution < 1.29 is 22.4 Å². The number of furan rings is 1. The first-order chi connectivity index (χ1) is 10.5. The molecule has 0 aliphatic rings. The van der Waals surface area contributed by atoms with Gasteiger partial charge in [0.2, 0.25) is 5.76 Å². The van der Waals surface area contributed by atoms with Gasteiger partial charge in [0.05, 0.1) is 16.9 Å². The number of hydrogen-bond acceptors (Lipinski definition) is 5. The maximum absolute atomic E-state index is 12.3. The molecule has 0 radical (unpaired) electrons. The highest BCUT2D eigenvalue weighted by Crippen LogP contribution is 2.20. The number of hydrogen-bond donors (Lipinski definition) is 0. The molecule has 0 saturated carbocycles. The van der Waals surface area contributed by atoms with E-state index in [1.165, 1.54) is 24.5 Å². The van der Waals surface area contributed by atoms with Gasteiger partial charge in [0.1, 0.15) is 6.61 Å². The first-order valence-electron chi connectivity index (χ1n) is 6.67. The molecule has 0 aliphatic heterocycles. The molecule has 6 heteroatoms. The average molecular weight is 320 g/mol. The van der Waals surface area contributed by atoms with Gasteiger partial charge in [0, 0.05) is 5.56 Å². The number of esters is 1. The summed E-state index contributed by atoms with van der Waals surface area (Å²) in [6, 6.07) is 9.52. The van der Waals surface area contributed by atoms with Crippen LogP contribution in [0.1, 0.15) is 23.0 Å². The Morgan fingerprint density at radius 3 is 2.64 bits per heavy atom.